The SMILES string of the molecule is CCOCCN(CC)C(C)(CN)C(OC)OC. The van der Waals surface area contributed by atoms with E-state index in [-0.39, 0.29) is 11.8 Å². The fraction of sp³-hybridized carbons (Fsp3) is 1.00. The minimum atomic E-state index is -0.339. The van der Waals surface area contributed by atoms with Crippen molar-refractivity contribution in [2.45, 2.75) is 32.6 Å². The van der Waals surface area contributed by atoms with E-state index in [1.54, 1.807) is 14.2 Å². The molecular formula is C12H28N2O3. The average molecular weight is 248 g/mol. The van der Waals surface area contributed by atoms with Crippen molar-refractivity contribution in [3.8, 4) is 0 Å². The van der Waals surface area contributed by atoms with Gasteiger partial charge in [0.05, 0.1) is 12.1 Å². The third-order valence-electron chi connectivity index (χ3n) is 3.16. The van der Waals surface area contributed by atoms with Gasteiger partial charge < -0.3 is 19.9 Å². The maximum absolute atomic E-state index is 5.90. The normalized spacial score (nSPS) is 15.5. The quantitative estimate of drug-likeness (QED) is 0.455. The third-order valence-corrected chi connectivity index (χ3v) is 3.16. The lowest BCUT2D eigenvalue weighted by molar-refractivity contribution is -0.182. The van der Waals surface area contributed by atoms with E-state index < -0.39 is 0 Å². The number of ether oxygens (including phenoxy) is 3. The van der Waals surface area contributed by atoms with Gasteiger partial charge in [0.1, 0.15) is 0 Å². The molecule has 0 aliphatic carbocycles. The molecule has 0 saturated carbocycles. The van der Waals surface area contributed by atoms with Crippen LogP contribution in [0.2, 0.25) is 0 Å². The molecule has 0 fully saturated rings. The lowest BCUT2D eigenvalue weighted by atomic mass is 9.99. The number of methoxy groups -OCH3 is 2. The van der Waals surface area contributed by atoms with Gasteiger partial charge in [-0.2, -0.15) is 0 Å². The van der Waals surface area contributed by atoms with Crippen LogP contribution < -0.4 is 5.73 Å². The Labute approximate surface area is 105 Å². The van der Waals surface area contributed by atoms with Crippen molar-refractivity contribution >= 4 is 0 Å². The molecule has 0 heterocycles. The summed E-state index contributed by atoms with van der Waals surface area (Å²) in [6, 6.07) is 0. The van der Waals surface area contributed by atoms with E-state index >= 15 is 0 Å². The van der Waals surface area contributed by atoms with Crippen molar-refractivity contribution in [2.24, 2.45) is 5.73 Å². The molecule has 0 radical (unpaired) electrons. The Morgan fingerprint density at radius 1 is 1.24 bits per heavy atom. The summed E-state index contributed by atoms with van der Waals surface area (Å²) in [7, 11) is 3.27. The van der Waals surface area contributed by atoms with Crippen molar-refractivity contribution in [3.63, 3.8) is 0 Å². The van der Waals surface area contributed by atoms with Crippen molar-refractivity contribution in [2.75, 3.05) is 47.1 Å². The number of hydrogen-bond acceptors (Lipinski definition) is 5. The first-order valence-electron chi connectivity index (χ1n) is 6.19. The van der Waals surface area contributed by atoms with Gasteiger partial charge in [0.25, 0.3) is 0 Å². The van der Waals surface area contributed by atoms with E-state index in [1.807, 2.05) is 6.92 Å². The van der Waals surface area contributed by atoms with E-state index in [4.69, 9.17) is 19.9 Å². The maximum atomic E-state index is 5.90. The smallest absolute Gasteiger partial charge is 0.176 e. The van der Waals surface area contributed by atoms with Gasteiger partial charge in [-0.15, -0.1) is 0 Å². The van der Waals surface area contributed by atoms with Crippen LogP contribution in [-0.2, 0) is 14.2 Å². The summed E-state index contributed by atoms with van der Waals surface area (Å²) in [5, 5.41) is 0. The van der Waals surface area contributed by atoms with Crippen LogP contribution in [0, 0.1) is 0 Å². The highest BCUT2D eigenvalue weighted by atomic mass is 16.7. The summed E-state index contributed by atoms with van der Waals surface area (Å²) in [5.74, 6) is 0. The van der Waals surface area contributed by atoms with Crippen molar-refractivity contribution in [3.05, 3.63) is 0 Å². The van der Waals surface area contributed by atoms with Crippen molar-refractivity contribution < 1.29 is 14.2 Å². The summed E-state index contributed by atoms with van der Waals surface area (Å²) in [5.41, 5.74) is 5.56. The molecule has 0 amide bonds. The lowest BCUT2D eigenvalue weighted by Crippen LogP contribution is -2.61. The number of rotatable bonds is 10. The molecule has 0 aromatic heterocycles. The Morgan fingerprint density at radius 2 is 1.82 bits per heavy atom. The molecule has 1 unspecified atom stereocenters. The van der Waals surface area contributed by atoms with E-state index in [2.05, 4.69) is 18.7 Å². The molecule has 1 atom stereocenters. The van der Waals surface area contributed by atoms with Gasteiger partial charge in [-0.25, -0.2) is 0 Å². The molecule has 0 aliphatic heterocycles. The number of nitrogens with two attached hydrogens (primary N) is 1. The highest BCUT2D eigenvalue weighted by Gasteiger charge is 2.38. The predicted molar refractivity (Wildman–Crippen MR) is 69.0 cm³/mol. The highest BCUT2D eigenvalue weighted by Crippen LogP contribution is 2.21. The third kappa shape index (κ3) is 4.52. The first-order chi connectivity index (χ1) is 8.10. The first kappa shape index (κ1) is 16.8. The second kappa shape index (κ2) is 8.83. The molecule has 104 valence electrons. The van der Waals surface area contributed by atoms with Crippen LogP contribution in [0.15, 0.2) is 0 Å². The summed E-state index contributed by atoms with van der Waals surface area (Å²) < 4.78 is 16.1. The maximum Gasteiger partial charge on any atom is 0.176 e. The molecule has 0 bridgehead atoms. The van der Waals surface area contributed by atoms with Gasteiger partial charge in [0.15, 0.2) is 6.29 Å². The zero-order valence-corrected chi connectivity index (χ0v) is 11.9. The Hall–Kier alpha value is -0.200. The zero-order valence-electron chi connectivity index (χ0n) is 11.9. The standard InChI is InChI=1S/C12H28N2O3/c1-6-14(8-9-17-7-2)12(3,10-13)11(15-4)16-5/h11H,6-10,13H2,1-5H3. The van der Waals surface area contributed by atoms with Gasteiger partial charge in [0.2, 0.25) is 0 Å². The minimum absolute atomic E-state index is 0.338. The molecule has 0 aromatic carbocycles. The summed E-state index contributed by atoms with van der Waals surface area (Å²) in [6.07, 6.45) is -0.339. The van der Waals surface area contributed by atoms with E-state index in [1.165, 1.54) is 0 Å². The fourth-order valence-electron chi connectivity index (χ4n) is 2.07. The monoisotopic (exact) mass is 248 g/mol. The molecule has 5 heteroatoms. The van der Waals surface area contributed by atoms with Crippen LogP contribution in [-0.4, -0.2) is 63.8 Å². The van der Waals surface area contributed by atoms with Crippen LogP contribution >= 0.6 is 0 Å². The van der Waals surface area contributed by atoms with Crippen LogP contribution in [0.25, 0.3) is 0 Å². The number of likely N-dealkylation sites (N-methyl/N-ethyl adjacent to an activating group) is 1. The van der Waals surface area contributed by atoms with Crippen LogP contribution in [0.4, 0.5) is 0 Å². The molecule has 0 spiro atoms. The van der Waals surface area contributed by atoms with Gasteiger partial charge in [-0.1, -0.05) is 6.92 Å². The van der Waals surface area contributed by atoms with E-state index in [0.29, 0.717) is 13.2 Å². The summed E-state index contributed by atoms with van der Waals surface area (Å²) in [4.78, 5) is 2.24. The topological polar surface area (TPSA) is 57.0 Å². The molecule has 0 aromatic rings. The molecule has 5 nitrogen and oxygen atoms in total. The summed E-state index contributed by atoms with van der Waals surface area (Å²) in [6.45, 7) is 9.74. The molecular weight excluding hydrogens is 220 g/mol. The van der Waals surface area contributed by atoms with Gasteiger partial charge in [-0.3, -0.25) is 4.90 Å². The highest BCUT2D eigenvalue weighted by molar-refractivity contribution is 4.90. The molecule has 0 aliphatic rings. The predicted octanol–water partition coefficient (Wildman–Crippen LogP) is 0.681. The molecule has 0 rings (SSSR count). The summed E-state index contributed by atoms with van der Waals surface area (Å²) >= 11 is 0. The Morgan fingerprint density at radius 3 is 2.18 bits per heavy atom. The van der Waals surface area contributed by atoms with E-state index in [9.17, 15) is 0 Å². The average Bonchev–Trinajstić information content (AvgIpc) is 2.35. The van der Waals surface area contributed by atoms with Crippen molar-refractivity contribution in [1.82, 2.24) is 4.90 Å². The Balaban J connectivity index is 4.63. The second-order valence-electron chi connectivity index (χ2n) is 4.14. The number of nitrogens with zero attached hydrogens (tertiary/aromatic N) is 1. The number of hydrogen-bond donors (Lipinski definition) is 1. The largest absolute Gasteiger partial charge is 0.380 e. The van der Waals surface area contributed by atoms with Crippen LogP contribution in [0.3, 0.4) is 0 Å². The minimum Gasteiger partial charge on any atom is -0.380 e. The first-order valence-corrected chi connectivity index (χ1v) is 6.19. The van der Waals surface area contributed by atoms with Crippen LogP contribution in [0.1, 0.15) is 20.8 Å². The second-order valence-corrected chi connectivity index (χ2v) is 4.14. The molecule has 0 saturated heterocycles. The van der Waals surface area contributed by atoms with Gasteiger partial charge in [-0.05, 0) is 20.4 Å². The molecule has 2 N–H and O–H groups in total. The lowest BCUT2D eigenvalue weighted by Gasteiger charge is -2.43. The fourth-order valence-corrected chi connectivity index (χ4v) is 2.07. The Bertz CT molecular complexity index is 189. The molecule has 17 heavy (non-hydrogen) atoms. The van der Waals surface area contributed by atoms with E-state index in [0.717, 1.165) is 19.7 Å². The Kier molecular flexibility index (Phi) is 8.72. The van der Waals surface area contributed by atoms with Crippen molar-refractivity contribution in [1.29, 1.82) is 0 Å². The van der Waals surface area contributed by atoms with Gasteiger partial charge in [0, 0.05) is 33.9 Å². The van der Waals surface area contributed by atoms with Gasteiger partial charge >= 0.3 is 0 Å². The van der Waals surface area contributed by atoms with Crippen LogP contribution in [0.5, 0.6) is 0 Å². The zero-order chi connectivity index (χ0) is 13.3.